The number of amides is 1. The molecule has 0 unspecified atom stereocenters. The number of rotatable bonds is 3. The van der Waals surface area contributed by atoms with E-state index in [4.69, 9.17) is 4.52 Å². The van der Waals surface area contributed by atoms with Crippen LogP contribution >= 0.6 is 0 Å². The predicted molar refractivity (Wildman–Crippen MR) is 90.7 cm³/mol. The lowest BCUT2D eigenvalue weighted by Gasteiger charge is -2.30. The molecule has 1 saturated carbocycles. The highest BCUT2D eigenvalue weighted by Crippen LogP contribution is 2.34. The molecule has 3 heterocycles. The van der Waals surface area contributed by atoms with Crippen molar-refractivity contribution in [2.45, 2.75) is 31.6 Å². The Hall–Kier alpha value is -2.70. The van der Waals surface area contributed by atoms with Crippen LogP contribution < -0.4 is 0 Å². The average Bonchev–Trinajstić information content (AvgIpc) is 3.19. The van der Waals surface area contributed by atoms with Crippen LogP contribution in [0.25, 0.3) is 22.4 Å². The van der Waals surface area contributed by atoms with E-state index in [-0.39, 0.29) is 5.92 Å². The molecule has 2 fully saturated rings. The number of H-pyrrole nitrogens is 1. The quantitative estimate of drug-likeness (QED) is 0.794. The molecule has 1 aromatic carbocycles. The number of hydrogen-bond donors (Lipinski definition) is 1. The van der Waals surface area contributed by atoms with Gasteiger partial charge in [0.2, 0.25) is 17.6 Å². The lowest BCUT2D eigenvalue weighted by Crippen LogP contribution is -2.38. The Kier molecular flexibility index (Phi) is 3.33. The molecular weight excluding hydrogens is 318 g/mol. The van der Waals surface area contributed by atoms with E-state index in [9.17, 15) is 4.79 Å². The molecule has 1 amide bonds. The van der Waals surface area contributed by atoms with Crippen LogP contribution in [0.4, 0.5) is 0 Å². The maximum atomic E-state index is 12.1. The van der Waals surface area contributed by atoms with Crippen LogP contribution in [0.15, 0.2) is 29.0 Å². The van der Waals surface area contributed by atoms with E-state index in [0.29, 0.717) is 23.5 Å². The summed E-state index contributed by atoms with van der Waals surface area (Å²) < 4.78 is 5.52. The fraction of sp³-hybridized carbons (Fsp3) is 0.444. The number of imidazole rings is 1. The third-order valence-electron chi connectivity index (χ3n) is 5.20. The second-order valence-corrected chi connectivity index (χ2v) is 6.96. The maximum Gasteiger partial charge on any atom is 0.230 e. The van der Waals surface area contributed by atoms with E-state index in [2.05, 4.69) is 20.1 Å². The van der Waals surface area contributed by atoms with E-state index in [1.54, 1.807) is 6.33 Å². The van der Waals surface area contributed by atoms with Crippen molar-refractivity contribution in [2.75, 3.05) is 13.1 Å². The first-order valence-electron chi connectivity index (χ1n) is 8.84. The maximum absolute atomic E-state index is 12.1. The van der Waals surface area contributed by atoms with Gasteiger partial charge in [-0.1, -0.05) is 5.16 Å². The van der Waals surface area contributed by atoms with Gasteiger partial charge in [-0.15, -0.1) is 0 Å². The zero-order valence-corrected chi connectivity index (χ0v) is 13.8. The van der Waals surface area contributed by atoms with Gasteiger partial charge in [0.25, 0.3) is 0 Å². The van der Waals surface area contributed by atoms with Gasteiger partial charge in [0.15, 0.2) is 0 Å². The molecular formula is C18H19N5O2. The van der Waals surface area contributed by atoms with Gasteiger partial charge >= 0.3 is 0 Å². The first kappa shape index (κ1) is 14.6. The summed E-state index contributed by atoms with van der Waals surface area (Å²) >= 11 is 0. The van der Waals surface area contributed by atoms with Gasteiger partial charge in [-0.05, 0) is 43.9 Å². The number of carbonyl (C=O) groups is 1. The van der Waals surface area contributed by atoms with Crippen LogP contribution in [0.1, 0.15) is 37.5 Å². The topological polar surface area (TPSA) is 87.9 Å². The SMILES string of the molecule is O=C(C1CC1)N1CCC(c2nc(-c3ccc4nc[nH]c4c3)no2)CC1. The number of carbonyl (C=O) groups excluding carboxylic acids is 1. The number of benzene rings is 1. The highest BCUT2D eigenvalue weighted by molar-refractivity contribution is 5.81. The van der Waals surface area contributed by atoms with E-state index in [1.165, 1.54) is 0 Å². The van der Waals surface area contributed by atoms with Crippen LogP contribution in [-0.4, -0.2) is 44.0 Å². The van der Waals surface area contributed by atoms with Gasteiger partial charge in [0.1, 0.15) is 0 Å². The molecule has 1 saturated heterocycles. The lowest BCUT2D eigenvalue weighted by atomic mass is 9.96. The van der Waals surface area contributed by atoms with E-state index < -0.39 is 0 Å². The Balaban J connectivity index is 1.30. The number of hydrogen-bond acceptors (Lipinski definition) is 5. The number of likely N-dealkylation sites (tertiary alicyclic amines) is 1. The summed E-state index contributed by atoms with van der Waals surface area (Å²) in [7, 11) is 0. The largest absolute Gasteiger partial charge is 0.345 e. The van der Waals surface area contributed by atoms with E-state index >= 15 is 0 Å². The van der Waals surface area contributed by atoms with E-state index in [1.807, 2.05) is 23.1 Å². The van der Waals surface area contributed by atoms with Crippen LogP contribution in [0.5, 0.6) is 0 Å². The second-order valence-electron chi connectivity index (χ2n) is 6.96. The van der Waals surface area contributed by atoms with Gasteiger partial charge < -0.3 is 14.4 Å². The molecule has 0 atom stereocenters. The van der Waals surface area contributed by atoms with Gasteiger partial charge in [-0.3, -0.25) is 4.79 Å². The minimum absolute atomic E-state index is 0.236. The van der Waals surface area contributed by atoms with Crippen molar-refractivity contribution >= 4 is 16.9 Å². The van der Waals surface area contributed by atoms with Gasteiger partial charge in [0.05, 0.1) is 17.4 Å². The zero-order chi connectivity index (χ0) is 16.8. The van der Waals surface area contributed by atoms with Crippen LogP contribution in [0.2, 0.25) is 0 Å². The van der Waals surface area contributed by atoms with Crippen molar-refractivity contribution in [3.05, 3.63) is 30.4 Å². The molecule has 1 aliphatic carbocycles. The molecule has 5 rings (SSSR count). The van der Waals surface area contributed by atoms with Gasteiger partial charge in [0, 0.05) is 30.5 Å². The fourth-order valence-corrected chi connectivity index (χ4v) is 3.53. The summed E-state index contributed by atoms with van der Waals surface area (Å²) in [6, 6.07) is 5.88. The average molecular weight is 337 g/mol. The highest BCUT2D eigenvalue weighted by atomic mass is 16.5. The molecule has 7 nitrogen and oxygen atoms in total. The van der Waals surface area contributed by atoms with Crippen molar-refractivity contribution in [2.24, 2.45) is 5.92 Å². The third-order valence-corrected chi connectivity index (χ3v) is 5.20. The Morgan fingerprint density at radius 3 is 2.84 bits per heavy atom. The summed E-state index contributed by atoms with van der Waals surface area (Å²) in [6.07, 6.45) is 5.57. The van der Waals surface area contributed by atoms with Crippen molar-refractivity contribution < 1.29 is 9.32 Å². The summed E-state index contributed by atoms with van der Waals surface area (Å²) in [5, 5.41) is 4.14. The smallest absolute Gasteiger partial charge is 0.230 e. The van der Waals surface area contributed by atoms with Crippen molar-refractivity contribution in [1.82, 2.24) is 25.0 Å². The number of nitrogens with one attached hydrogen (secondary N) is 1. The molecule has 2 aliphatic rings. The first-order valence-corrected chi connectivity index (χ1v) is 8.84. The van der Waals surface area contributed by atoms with Crippen molar-refractivity contribution in [1.29, 1.82) is 0 Å². The molecule has 7 heteroatoms. The van der Waals surface area contributed by atoms with Crippen LogP contribution in [0.3, 0.4) is 0 Å². The van der Waals surface area contributed by atoms with Crippen molar-refractivity contribution in [3.8, 4) is 11.4 Å². The second kappa shape index (κ2) is 5.68. The minimum atomic E-state index is 0.236. The summed E-state index contributed by atoms with van der Waals surface area (Å²) in [6.45, 7) is 1.58. The molecule has 128 valence electrons. The predicted octanol–water partition coefficient (Wildman–Crippen LogP) is 2.73. The van der Waals surface area contributed by atoms with Crippen LogP contribution in [0, 0.1) is 5.92 Å². The van der Waals surface area contributed by atoms with E-state index in [0.717, 1.165) is 55.4 Å². The molecule has 1 aliphatic heterocycles. The first-order chi connectivity index (χ1) is 12.3. The zero-order valence-electron chi connectivity index (χ0n) is 13.8. The number of piperidine rings is 1. The summed E-state index contributed by atoms with van der Waals surface area (Å²) in [5.41, 5.74) is 2.78. The number of aromatic nitrogens is 4. The Labute approximate surface area is 144 Å². The Morgan fingerprint density at radius 1 is 1.20 bits per heavy atom. The molecule has 0 radical (unpaired) electrons. The van der Waals surface area contributed by atoms with Gasteiger partial charge in [-0.25, -0.2) is 4.98 Å². The highest BCUT2D eigenvalue weighted by Gasteiger charge is 2.36. The number of fused-ring (bicyclic) bond motifs is 1. The van der Waals surface area contributed by atoms with Gasteiger partial charge in [-0.2, -0.15) is 4.98 Å². The number of nitrogens with zero attached hydrogens (tertiary/aromatic N) is 4. The molecule has 0 spiro atoms. The molecule has 0 bridgehead atoms. The molecule has 3 aromatic rings. The normalized spacial score (nSPS) is 18.8. The standard InChI is InChI=1S/C18H19N5O2/c24-18(12-1-2-12)23-7-5-11(6-8-23)17-21-16(22-25-17)13-3-4-14-15(9-13)20-10-19-14/h3-4,9-12H,1-2,5-8H2,(H,19,20). The lowest BCUT2D eigenvalue weighted by molar-refractivity contribution is -0.133. The fourth-order valence-electron chi connectivity index (χ4n) is 3.53. The summed E-state index contributed by atoms with van der Waals surface area (Å²) in [5.74, 6) is 2.14. The molecule has 2 aromatic heterocycles. The minimum Gasteiger partial charge on any atom is -0.345 e. The number of aromatic amines is 1. The molecule has 1 N–H and O–H groups in total. The van der Waals surface area contributed by atoms with Crippen molar-refractivity contribution in [3.63, 3.8) is 0 Å². The Bertz CT molecular complexity index is 918. The Morgan fingerprint density at radius 2 is 2.04 bits per heavy atom. The third kappa shape index (κ3) is 2.69. The monoisotopic (exact) mass is 337 g/mol. The molecule has 25 heavy (non-hydrogen) atoms. The summed E-state index contributed by atoms with van der Waals surface area (Å²) in [4.78, 5) is 26.1. The van der Waals surface area contributed by atoms with Crippen LogP contribution in [-0.2, 0) is 4.79 Å².